The van der Waals surface area contributed by atoms with Gasteiger partial charge < -0.3 is 25.2 Å². The predicted molar refractivity (Wildman–Crippen MR) is 72.1 cm³/mol. The largest absolute Gasteiger partial charge is 0.394 e. The Morgan fingerprint density at radius 2 is 1.91 bits per heavy atom. The van der Waals surface area contributed by atoms with Crippen LogP contribution in [0.5, 0.6) is 0 Å². The second kappa shape index (κ2) is 6.68. The number of ether oxygens (including phenoxy) is 1. The molecule has 128 valence electrons. The molecule has 0 aliphatic carbocycles. The van der Waals surface area contributed by atoms with E-state index in [0.29, 0.717) is 4.90 Å². The Kier molecular flexibility index (Phi) is 5.06. The molecule has 0 radical (unpaired) electrons. The van der Waals surface area contributed by atoms with E-state index in [4.69, 9.17) is 9.84 Å². The normalized spacial score (nSPS) is 39.0. The van der Waals surface area contributed by atoms with Gasteiger partial charge in [0.05, 0.1) is 6.61 Å². The lowest BCUT2D eigenvalue weighted by atomic mass is 9.97. The summed E-state index contributed by atoms with van der Waals surface area (Å²) in [7, 11) is 1.17. The molecule has 23 heavy (non-hydrogen) atoms. The maximum absolute atomic E-state index is 11.9. The summed E-state index contributed by atoms with van der Waals surface area (Å²) in [5.41, 5.74) is 0. The highest BCUT2D eigenvalue weighted by atomic mass is 16.6. The summed E-state index contributed by atoms with van der Waals surface area (Å²) < 4.78 is 4.89. The third-order valence-corrected chi connectivity index (χ3v) is 3.69. The van der Waals surface area contributed by atoms with Crippen LogP contribution in [-0.2, 0) is 14.3 Å². The van der Waals surface area contributed by atoms with E-state index >= 15 is 0 Å². The molecule has 2 saturated heterocycles. The van der Waals surface area contributed by atoms with E-state index in [0.717, 1.165) is 6.21 Å². The van der Waals surface area contributed by atoms with E-state index in [9.17, 15) is 29.7 Å². The molecule has 2 aliphatic rings. The minimum absolute atomic E-state index is 0.623. The molecule has 0 aromatic rings. The molecule has 6 atom stereocenters. The molecule has 2 aliphatic heterocycles. The van der Waals surface area contributed by atoms with Crippen molar-refractivity contribution in [1.82, 2.24) is 10.2 Å². The number of nitrogens with zero attached hydrogens (tertiary/aromatic N) is 2. The number of barbiturate groups is 1. The third-order valence-electron chi connectivity index (χ3n) is 3.69. The van der Waals surface area contributed by atoms with Crippen molar-refractivity contribution in [1.29, 1.82) is 0 Å². The van der Waals surface area contributed by atoms with Gasteiger partial charge >= 0.3 is 6.03 Å². The smallest absolute Gasteiger partial charge is 0.330 e. The first kappa shape index (κ1) is 17.4. The number of amides is 4. The highest BCUT2D eigenvalue weighted by Gasteiger charge is 2.44. The van der Waals surface area contributed by atoms with Crippen LogP contribution in [-0.4, -0.2) is 93.7 Å². The first-order chi connectivity index (χ1) is 10.8. The number of aliphatic hydroxyl groups is 4. The Bertz CT molecular complexity index is 538. The van der Waals surface area contributed by atoms with Crippen molar-refractivity contribution in [3.63, 3.8) is 0 Å². The fourth-order valence-corrected chi connectivity index (χ4v) is 2.25. The molecule has 0 aromatic carbocycles. The van der Waals surface area contributed by atoms with E-state index < -0.39 is 61.0 Å². The summed E-state index contributed by atoms with van der Waals surface area (Å²) in [6.07, 6.45) is -5.05. The number of aliphatic hydroxyl groups excluding tert-OH is 4. The van der Waals surface area contributed by atoms with Crippen LogP contribution in [0, 0.1) is 5.92 Å². The van der Waals surface area contributed by atoms with Crippen molar-refractivity contribution in [2.45, 2.75) is 30.6 Å². The van der Waals surface area contributed by atoms with Crippen LogP contribution in [0.2, 0.25) is 0 Å². The van der Waals surface area contributed by atoms with Gasteiger partial charge in [0, 0.05) is 13.3 Å². The van der Waals surface area contributed by atoms with Crippen LogP contribution in [0.15, 0.2) is 4.99 Å². The number of rotatable bonds is 3. The number of carbonyl (C=O) groups is 3. The van der Waals surface area contributed by atoms with Crippen LogP contribution in [0.3, 0.4) is 0 Å². The summed E-state index contributed by atoms with van der Waals surface area (Å²) in [4.78, 5) is 39.2. The fourth-order valence-electron chi connectivity index (χ4n) is 2.25. The van der Waals surface area contributed by atoms with Gasteiger partial charge in [-0.3, -0.25) is 24.8 Å². The monoisotopic (exact) mass is 331 g/mol. The van der Waals surface area contributed by atoms with Crippen molar-refractivity contribution in [2.24, 2.45) is 10.9 Å². The number of aliphatic imine (C=N–C) groups is 1. The molecule has 0 bridgehead atoms. The lowest BCUT2D eigenvalue weighted by Crippen LogP contribution is -2.59. The number of hydrogen-bond donors (Lipinski definition) is 5. The summed E-state index contributed by atoms with van der Waals surface area (Å²) in [6.45, 7) is -0.623. The third kappa shape index (κ3) is 3.23. The molecule has 2 rings (SSSR count). The Hall–Kier alpha value is -1.92. The van der Waals surface area contributed by atoms with E-state index in [1.54, 1.807) is 0 Å². The Morgan fingerprint density at radius 3 is 2.52 bits per heavy atom. The van der Waals surface area contributed by atoms with Gasteiger partial charge in [0.25, 0.3) is 0 Å². The van der Waals surface area contributed by atoms with Gasteiger partial charge in [0.2, 0.25) is 11.8 Å². The molecular weight excluding hydrogens is 314 g/mol. The zero-order valence-electron chi connectivity index (χ0n) is 12.1. The lowest BCUT2D eigenvalue weighted by molar-refractivity contribution is -0.248. The summed E-state index contributed by atoms with van der Waals surface area (Å²) in [6, 6.07) is -2.23. The lowest BCUT2D eigenvalue weighted by Gasteiger charge is -2.38. The molecule has 6 unspecified atom stereocenters. The highest BCUT2D eigenvalue weighted by molar-refractivity contribution is 6.23. The number of imide groups is 2. The first-order valence-electron chi connectivity index (χ1n) is 6.74. The fraction of sp³-hybridized carbons (Fsp3) is 0.667. The van der Waals surface area contributed by atoms with Crippen molar-refractivity contribution < 1.29 is 39.5 Å². The van der Waals surface area contributed by atoms with Crippen molar-refractivity contribution in [3.8, 4) is 0 Å². The Balaban J connectivity index is 2.14. The summed E-state index contributed by atoms with van der Waals surface area (Å²) in [5, 5.41) is 40.3. The minimum Gasteiger partial charge on any atom is -0.394 e. The van der Waals surface area contributed by atoms with E-state index in [2.05, 4.69) is 4.99 Å². The molecule has 11 heteroatoms. The summed E-state index contributed by atoms with van der Waals surface area (Å²) >= 11 is 0. The molecule has 0 spiro atoms. The van der Waals surface area contributed by atoms with Crippen LogP contribution < -0.4 is 5.32 Å². The van der Waals surface area contributed by atoms with Crippen LogP contribution in [0.25, 0.3) is 0 Å². The molecule has 2 heterocycles. The van der Waals surface area contributed by atoms with E-state index in [-0.39, 0.29) is 0 Å². The zero-order valence-corrected chi connectivity index (χ0v) is 12.1. The topological polar surface area (TPSA) is 169 Å². The predicted octanol–water partition coefficient (Wildman–Crippen LogP) is -3.82. The van der Waals surface area contributed by atoms with Crippen LogP contribution in [0.4, 0.5) is 4.79 Å². The maximum atomic E-state index is 11.9. The molecule has 11 nitrogen and oxygen atoms in total. The van der Waals surface area contributed by atoms with Gasteiger partial charge in [-0.15, -0.1) is 0 Å². The van der Waals surface area contributed by atoms with Gasteiger partial charge in [0.1, 0.15) is 24.4 Å². The van der Waals surface area contributed by atoms with Crippen LogP contribution in [0.1, 0.15) is 0 Å². The molecule has 0 saturated carbocycles. The SMILES string of the molecule is CN1C(=O)NC(=O)C(C=NC2C(O)OC(CO)C(O)C2O)C1=O. The maximum Gasteiger partial charge on any atom is 0.330 e. The highest BCUT2D eigenvalue weighted by Crippen LogP contribution is 2.22. The zero-order chi connectivity index (χ0) is 17.3. The molecule has 5 N–H and O–H groups in total. The van der Waals surface area contributed by atoms with E-state index in [1.807, 2.05) is 5.32 Å². The second-order valence-electron chi connectivity index (χ2n) is 5.19. The van der Waals surface area contributed by atoms with Gasteiger partial charge in [-0.1, -0.05) is 0 Å². The molecule has 4 amide bonds. The van der Waals surface area contributed by atoms with Crippen molar-refractivity contribution in [3.05, 3.63) is 0 Å². The quantitative estimate of drug-likeness (QED) is 0.259. The van der Waals surface area contributed by atoms with Gasteiger partial charge in [-0.2, -0.15) is 0 Å². The first-order valence-corrected chi connectivity index (χ1v) is 6.74. The summed E-state index contributed by atoms with van der Waals surface area (Å²) in [5.74, 6) is -3.13. The number of urea groups is 1. The second-order valence-corrected chi connectivity index (χ2v) is 5.19. The van der Waals surface area contributed by atoms with E-state index in [1.165, 1.54) is 7.05 Å². The van der Waals surface area contributed by atoms with Gasteiger partial charge in [-0.05, 0) is 0 Å². The average Bonchev–Trinajstić information content (AvgIpc) is 2.51. The molecular formula is C12H17N3O8. The standard InChI is InChI=1S/C12H17N3O8/c1-15-10(20)4(9(19)14-12(15)22)2-13-6-8(18)7(17)5(3-16)23-11(6)21/h2,4-8,11,16-18,21H,3H2,1H3,(H,14,19,22). The van der Waals surface area contributed by atoms with Crippen LogP contribution >= 0.6 is 0 Å². The molecule has 0 aromatic heterocycles. The number of carbonyl (C=O) groups excluding carboxylic acids is 3. The molecule has 2 fully saturated rings. The number of nitrogens with one attached hydrogen (secondary N) is 1. The Labute approximate surface area is 130 Å². The number of hydrogen-bond acceptors (Lipinski definition) is 9. The minimum atomic E-state index is -1.65. The Morgan fingerprint density at radius 1 is 1.26 bits per heavy atom. The van der Waals surface area contributed by atoms with Crippen molar-refractivity contribution in [2.75, 3.05) is 13.7 Å². The average molecular weight is 331 g/mol. The van der Waals surface area contributed by atoms with Crippen molar-refractivity contribution >= 4 is 24.1 Å². The van der Waals surface area contributed by atoms with Gasteiger partial charge in [0.15, 0.2) is 12.2 Å². The van der Waals surface area contributed by atoms with Gasteiger partial charge in [-0.25, -0.2) is 4.79 Å².